The van der Waals surface area contributed by atoms with E-state index in [0.717, 1.165) is 25.2 Å². The number of hydrogen-bond acceptors (Lipinski definition) is 6. The fraction of sp³-hybridized carbons (Fsp3) is 0.562. The first-order valence-corrected chi connectivity index (χ1v) is 7.63. The van der Waals surface area contributed by atoms with E-state index in [1.165, 1.54) is 13.2 Å². The van der Waals surface area contributed by atoms with E-state index in [9.17, 15) is 14.9 Å². The number of nitro benzene ring substituents is 1. The van der Waals surface area contributed by atoms with E-state index in [-0.39, 0.29) is 11.3 Å². The minimum atomic E-state index is -0.691. The highest BCUT2D eigenvalue weighted by Gasteiger charge is 2.29. The molecule has 0 saturated carbocycles. The summed E-state index contributed by atoms with van der Waals surface area (Å²) in [6.45, 7) is 4.21. The molecule has 0 bridgehead atoms. The minimum absolute atomic E-state index is 0.0116. The molecule has 1 heterocycles. The van der Waals surface area contributed by atoms with Gasteiger partial charge >= 0.3 is 5.97 Å². The lowest BCUT2D eigenvalue weighted by Crippen LogP contribution is -2.47. The molecule has 0 aliphatic carbocycles. The average molecular weight is 321 g/mol. The van der Waals surface area contributed by atoms with Gasteiger partial charge in [0.15, 0.2) is 0 Å². The third kappa shape index (κ3) is 3.61. The van der Waals surface area contributed by atoms with Gasteiger partial charge in [-0.05, 0) is 38.1 Å². The van der Waals surface area contributed by atoms with Crippen molar-refractivity contribution < 1.29 is 14.5 Å². The number of hydrogen-bond donors (Lipinski definition) is 0. The maximum Gasteiger partial charge on any atom is 0.344 e. The summed E-state index contributed by atoms with van der Waals surface area (Å²) in [6.07, 6.45) is 1.01. The van der Waals surface area contributed by atoms with E-state index in [0.29, 0.717) is 12.0 Å². The molecule has 0 spiro atoms. The molecule has 126 valence electrons. The standard InChI is InChI=1S/C16H23N3O4/c1-11-10-17(2)8-7-14(11)18(3)12-5-6-15(19(21)22)13(9-12)16(20)23-4/h5-6,9,11,14H,7-8,10H2,1-4H3. The summed E-state index contributed by atoms with van der Waals surface area (Å²) in [5.41, 5.74) is 0.547. The van der Waals surface area contributed by atoms with Gasteiger partial charge in [0.25, 0.3) is 5.69 Å². The lowest BCUT2D eigenvalue weighted by molar-refractivity contribution is -0.385. The van der Waals surface area contributed by atoms with Crippen LogP contribution in [-0.2, 0) is 4.74 Å². The Balaban J connectivity index is 2.32. The maximum atomic E-state index is 11.8. The summed E-state index contributed by atoms with van der Waals surface area (Å²) in [6, 6.07) is 4.95. The predicted molar refractivity (Wildman–Crippen MR) is 87.9 cm³/mol. The van der Waals surface area contributed by atoms with Gasteiger partial charge in [-0.2, -0.15) is 0 Å². The van der Waals surface area contributed by atoms with Crippen molar-refractivity contribution in [1.82, 2.24) is 4.90 Å². The van der Waals surface area contributed by atoms with E-state index in [1.807, 2.05) is 7.05 Å². The second kappa shape index (κ2) is 6.95. The van der Waals surface area contributed by atoms with Crippen LogP contribution in [0.3, 0.4) is 0 Å². The summed E-state index contributed by atoms with van der Waals surface area (Å²) in [4.78, 5) is 26.8. The number of carbonyl (C=O) groups excluding carboxylic acids is 1. The van der Waals surface area contributed by atoms with Crippen LogP contribution in [0.1, 0.15) is 23.7 Å². The summed E-state index contributed by atoms with van der Waals surface area (Å²) in [7, 11) is 5.30. The molecule has 1 aliphatic heterocycles. The van der Waals surface area contributed by atoms with E-state index in [4.69, 9.17) is 0 Å². The number of anilines is 1. The Bertz CT molecular complexity index is 605. The van der Waals surface area contributed by atoms with Crippen molar-refractivity contribution >= 4 is 17.3 Å². The summed E-state index contributed by atoms with van der Waals surface area (Å²) in [5, 5.41) is 11.1. The Morgan fingerprint density at radius 1 is 1.48 bits per heavy atom. The first kappa shape index (κ1) is 17.2. The number of benzene rings is 1. The number of likely N-dealkylation sites (tertiary alicyclic amines) is 1. The van der Waals surface area contributed by atoms with Crippen molar-refractivity contribution in [2.75, 3.05) is 39.2 Å². The molecule has 0 amide bonds. The highest BCUT2D eigenvalue weighted by molar-refractivity contribution is 5.95. The van der Waals surface area contributed by atoms with Crippen LogP contribution in [-0.4, -0.2) is 56.1 Å². The van der Waals surface area contributed by atoms with Gasteiger partial charge in [-0.3, -0.25) is 10.1 Å². The summed E-state index contributed by atoms with van der Waals surface area (Å²) < 4.78 is 4.67. The van der Waals surface area contributed by atoms with E-state index in [2.05, 4.69) is 28.5 Å². The number of nitro groups is 1. The lowest BCUT2D eigenvalue weighted by atomic mass is 9.92. The molecule has 2 rings (SSSR count). The van der Waals surface area contributed by atoms with Crippen molar-refractivity contribution in [3.63, 3.8) is 0 Å². The van der Waals surface area contributed by atoms with Gasteiger partial charge in [0.2, 0.25) is 0 Å². The van der Waals surface area contributed by atoms with E-state index >= 15 is 0 Å². The molecule has 2 atom stereocenters. The molecule has 7 heteroatoms. The van der Waals surface area contributed by atoms with Gasteiger partial charge in [0, 0.05) is 31.4 Å². The van der Waals surface area contributed by atoms with Gasteiger partial charge in [0.05, 0.1) is 12.0 Å². The number of rotatable bonds is 4. The van der Waals surface area contributed by atoms with Crippen molar-refractivity contribution in [1.29, 1.82) is 0 Å². The van der Waals surface area contributed by atoms with Crippen LogP contribution in [0.4, 0.5) is 11.4 Å². The van der Waals surface area contributed by atoms with Gasteiger partial charge < -0.3 is 14.5 Å². The fourth-order valence-corrected chi connectivity index (χ4v) is 3.28. The van der Waals surface area contributed by atoms with Crippen molar-refractivity contribution in [2.24, 2.45) is 5.92 Å². The van der Waals surface area contributed by atoms with E-state index in [1.54, 1.807) is 12.1 Å². The minimum Gasteiger partial charge on any atom is -0.465 e. The van der Waals surface area contributed by atoms with Crippen LogP contribution < -0.4 is 4.90 Å². The second-order valence-electron chi connectivity index (χ2n) is 6.16. The second-order valence-corrected chi connectivity index (χ2v) is 6.16. The first-order valence-electron chi connectivity index (χ1n) is 7.63. The van der Waals surface area contributed by atoms with Crippen LogP contribution in [0.15, 0.2) is 18.2 Å². The quantitative estimate of drug-likeness (QED) is 0.480. The van der Waals surface area contributed by atoms with Gasteiger partial charge in [-0.15, -0.1) is 0 Å². The molecule has 1 saturated heterocycles. The molecule has 0 radical (unpaired) electrons. The SMILES string of the molecule is COC(=O)c1cc(N(C)C2CCN(C)CC2C)ccc1[N+](=O)[O-]. The molecule has 7 nitrogen and oxygen atoms in total. The Labute approximate surface area is 136 Å². The number of methoxy groups -OCH3 is 1. The molecule has 23 heavy (non-hydrogen) atoms. The zero-order chi connectivity index (χ0) is 17.1. The zero-order valence-corrected chi connectivity index (χ0v) is 14.0. The van der Waals surface area contributed by atoms with Crippen LogP contribution in [0.2, 0.25) is 0 Å². The zero-order valence-electron chi connectivity index (χ0n) is 14.0. The molecule has 1 aromatic carbocycles. The molecule has 2 unspecified atom stereocenters. The predicted octanol–water partition coefficient (Wildman–Crippen LogP) is 2.16. The number of piperidine rings is 1. The van der Waals surface area contributed by atoms with Crippen LogP contribution in [0, 0.1) is 16.0 Å². The van der Waals surface area contributed by atoms with Crippen molar-refractivity contribution in [3.05, 3.63) is 33.9 Å². The fourth-order valence-electron chi connectivity index (χ4n) is 3.28. The monoisotopic (exact) mass is 321 g/mol. The molecular formula is C16H23N3O4. The number of nitrogens with zero attached hydrogens (tertiary/aromatic N) is 3. The third-order valence-electron chi connectivity index (χ3n) is 4.55. The number of ether oxygens (including phenoxy) is 1. The third-order valence-corrected chi connectivity index (χ3v) is 4.55. The molecule has 0 N–H and O–H groups in total. The van der Waals surface area contributed by atoms with Gasteiger partial charge in [0.1, 0.15) is 5.56 Å². The first-order chi connectivity index (χ1) is 10.8. The van der Waals surface area contributed by atoms with Crippen molar-refractivity contribution in [2.45, 2.75) is 19.4 Å². The molecule has 1 fully saturated rings. The molecule has 1 aliphatic rings. The Kier molecular flexibility index (Phi) is 5.20. The topological polar surface area (TPSA) is 75.9 Å². The average Bonchev–Trinajstić information content (AvgIpc) is 2.52. The van der Waals surface area contributed by atoms with E-state index < -0.39 is 10.9 Å². The highest BCUT2D eigenvalue weighted by Crippen LogP contribution is 2.29. The van der Waals surface area contributed by atoms with Crippen LogP contribution in [0.25, 0.3) is 0 Å². The summed E-state index contributed by atoms with van der Waals surface area (Å²) in [5.74, 6) is -0.223. The normalized spacial score (nSPS) is 21.7. The molecule has 0 aromatic heterocycles. The largest absolute Gasteiger partial charge is 0.465 e. The van der Waals surface area contributed by atoms with Crippen LogP contribution in [0.5, 0.6) is 0 Å². The molecular weight excluding hydrogens is 298 g/mol. The highest BCUT2D eigenvalue weighted by atomic mass is 16.6. The van der Waals surface area contributed by atoms with Crippen molar-refractivity contribution in [3.8, 4) is 0 Å². The lowest BCUT2D eigenvalue weighted by Gasteiger charge is -2.41. The smallest absolute Gasteiger partial charge is 0.344 e. The Morgan fingerprint density at radius 3 is 2.74 bits per heavy atom. The Morgan fingerprint density at radius 2 is 2.17 bits per heavy atom. The Hall–Kier alpha value is -2.15. The number of carbonyl (C=O) groups is 1. The van der Waals surface area contributed by atoms with Crippen LogP contribution >= 0.6 is 0 Å². The molecule has 1 aromatic rings. The van der Waals surface area contributed by atoms with Gasteiger partial charge in [-0.1, -0.05) is 6.92 Å². The number of esters is 1. The summed E-state index contributed by atoms with van der Waals surface area (Å²) >= 11 is 0. The van der Waals surface area contributed by atoms with Gasteiger partial charge in [-0.25, -0.2) is 4.79 Å². The maximum absolute atomic E-state index is 11.8.